The second-order valence-corrected chi connectivity index (χ2v) is 4.82. The lowest BCUT2D eigenvalue weighted by atomic mass is 10.1. The number of nitrogens with zero attached hydrogens (tertiary/aromatic N) is 1. The van der Waals surface area contributed by atoms with Crippen molar-refractivity contribution in [3.05, 3.63) is 65.5 Å². The maximum Gasteiger partial charge on any atom is 0.357 e. The predicted molar refractivity (Wildman–Crippen MR) is 82.4 cm³/mol. The molecular weight excluding hydrogens is 280 g/mol. The number of nitrogens with one attached hydrogen (secondary N) is 1. The zero-order valence-electron chi connectivity index (χ0n) is 12.4. The van der Waals surface area contributed by atoms with E-state index >= 15 is 0 Å². The van der Waals surface area contributed by atoms with E-state index in [1.165, 1.54) is 17.3 Å². The number of aromatic nitrogens is 1. The maximum absolute atomic E-state index is 11.6. The van der Waals surface area contributed by atoms with Gasteiger partial charge in [0.15, 0.2) is 6.61 Å². The molecule has 0 aliphatic heterocycles. The van der Waals surface area contributed by atoms with Crippen LogP contribution >= 0.6 is 0 Å². The van der Waals surface area contributed by atoms with Crippen molar-refractivity contribution in [1.29, 1.82) is 0 Å². The minimum Gasteiger partial charge on any atom is -0.451 e. The van der Waals surface area contributed by atoms with Crippen LogP contribution in [0.4, 0.5) is 0 Å². The summed E-state index contributed by atoms with van der Waals surface area (Å²) >= 11 is 0. The van der Waals surface area contributed by atoms with Gasteiger partial charge in [-0.25, -0.2) is 9.78 Å². The summed E-state index contributed by atoms with van der Waals surface area (Å²) in [7, 11) is 0. The van der Waals surface area contributed by atoms with Crippen molar-refractivity contribution in [3.63, 3.8) is 0 Å². The lowest BCUT2D eigenvalue weighted by Crippen LogP contribution is -2.30. The number of hydrogen-bond acceptors (Lipinski definition) is 4. The summed E-state index contributed by atoms with van der Waals surface area (Å²) in [5.74, 6) is -0.924. The highest BCUT2D eigenvalue weighted by Crippen LogP contribution is 2.06. The number of benzene rings is 1. The van der Waals surface area contributed by atoms with Gasteiger partial charge in [-0.05, 0) is 36.6 Å². The van der Waals surface area contributed by atoms with E-state index in [1.54, 1.807) is 18.2 Å². The number of rotatable bonds is 6. The molecule has 1 heterocycles. The molecule has 0 aliphatic carbocycles. The molecule has 114 valence electrons. The molecule has 1 amide bonds. The van der Waals surface area contributed by atoms with Crippen LogP contribution in [0.2, 0.25) is 0 Å². The van der Waals surface area contributed by atoms with Crippen LogP contribution < -0.4 is 5.32 Å². The molecular formula is C17H18N2O3. The lowest BCUT2D eigenvalue weighted by molar-refractivity contribution is -0.124. The van der Waals surface area contributed by atoms with Crippen molar-refractivity contribution < 1.29 is 14.3 Å². The molecule has 5 nitrogen and oxygen atoms in total. The number of carbonyl (C=O) groups excluding carboxylic acids is 2. The zero-order chi connectivity index (χ0) is 15.8. The molecule has 0 saturated heterocycles. The van der Waals surface area contributed by atoms with E-state index in [4.69, 9.17) is 4.74 Å². The van der Waals surface area contributed by atoms with E-state index in [2.05, 4.69) is 10.3 Å². The normalized spacial score (nSPS) is 10.0. The van der Waals surface area contributed by atoms with Gasteiger partial charge in [0.1, 0.15) is 5.69 Å². The monoisotopic (exact) mass is 298 g/mol. The Morgan fingerprint density at radius 3 is 2.64 bits per heavy atom. The molecule has 0 saturated carbocycles. The molecule has 2 aromatic rings. The first kappa shape index (κ1) is 15.7. The average molecular weight is 298 g/mol. The fourth-order valence-electron chi connectivity index (χ4n) is 1.97. The van der Waals surface area contributed by atoms with E-state index in [0.717, 1.165) is 6.42 Å². The minimum absolute atomic E-state index is 0.190. The van der Waals surface area contributed by atoms with Gasteiger partial charge in [0, 0.05) is 12.7 Å². The highest BCUT2D eigenvalue weighted by Gasteiger charge is 2.10. The first-order chi connectivity index (χ1) is 10.7. The highest BCUT2D eigenvalue weighted by molar-refractivity contribution is 5.89. The standard InChI is InChI=1S/C17H18N2O3/c1-13-6-2-3-7-14(13)9-11-19-16(20)12-22-17(21)15-8-4-5-10-18-15/h2-8,10H,9,11-12H2,1H3,(H,19,20). The van der Waals surface area contributed by atoms with Crippen LogP contribution in [0.1, 0.15) is 21.6 Å². The van der Waals surface area contributed by atoms with Crippen molar-refractivity contribution in [2.45, 2.75) is 13.3 Å². The van der Waals surface area contributed by atoms with Gasteiger partial charge >= 0.3 is 5.97 Å². The van der Waals surface area contributed by atoms with Crippen LogP contribution in [0, 0.1) is 6.92 Å². The molecule has 22 heavy (non-hydrogen) atoms. The van der Waals surface area contributed by atoms with Gasteiger partial charge in [0.2, 0.25) is 0 Å². The molecule has 2 rings (SSSR count). The highest BCUT2D eigenvalue weighted by atomic mass is 16.5. The SMILES string of the molecule is Cc1ccccc1CCNC(=O)COC(=O)c1ccccn1. The van der Waals surface area contributed by atoms with Crippen LogP contribution in [0.5, 0.6) is 0 Å². The van der Waals surface area contributed by atoms with Crippen LogP contribution in [0.25, 0.3) is 0 Å². The molecule has 1 aromatic carbocycles. The average Bonchev–Trinajstić information content (AvgIpc) is 2.55. The number of ether oxygens (including phenoxy) is 1. The minimum atomic E-state index is -0.602. The van der Waals surface area contributed by atoms with Gasteiger partial charge in [0.25, 0.3) is 5.91 Å². The van der Waals surface area contributed by atoms with Crippen molar-refractivity contribution in [2.75, 3.05) is 13.2 Å². The summed E-state index contributed by atoms with van der Waals surface area (Å²) in [6, 6.07) is 12.9. The molecule has 0 aliphatic rings. The topological polar surface area (TPSA) is 68.3 Å². The van der Waals surface area contributed by atoms with Crippen molar-refractivity contribution in [3.8, 4) is 0 Å². The van der Waals surface area contributed by atoms with Gasteiger partial charge in [-0.1, -0.05) is 30.3 Å². The van der Waals surface area contributed by atoms with Gasteiger partial charge in [-0.2, -0.15) is 0 Å². The molecule has 0 unspecified atom stereocenters. The Labute approximate surface area is 129 Å². The summed E-state index contributed by atoms with van der Waals surface area (Å²) in [6.45, 7) is 2.24. The third-order valence-electron chi connectivity index (χ3n) is 3.19. The Bertz CT molecular complexity index is 641. The zero-order valence-corrected chi connectivity index (χ0v) is 12.4. The number of esters is 1. The summed E-state index contributed by atoms with van der Waals surface area (Å²) < 4.78 is 4.90. The first-order valence-electron chi connectivity index (χ1n) is 7.06. The smallest absolute Gasteiger partial charge is 0.357 e. The molecule has 0 bridgehead atoms. The molecule has 0 atom stereocenters. The van der Waals surface area contributed by atoms with Gasteiger partial charge < -0.3 is 10.1 Å². The summed E-state index contributed by atoms with van der Waals surface area (Å²) in [4.78, 5) is 27.1. The number of pyridine rings is 1. The van der Waals surface area contributed by atoms with Crippen molar-refractivity contribution in [1.82, 2.24) is 10.3 Å². The fraction of sp³-hybridized carbons (Fsp3) is 0.235. The predicted octanol–water partition coefficient (Wildman–Crippen LogP) is 1.91. The van der Waals surface area contributed by atoms with E-state index in [0.29, 0.717) is 6.54 Å². The first-order valence-corrected chi connectivity index (χ1v) is 7.06. The summed E-state index contributed by atoms with van der Waals surface area (Å²) in [5.41, 5.74) is 2.57. The van der Waals surface area contributed by atoms with Crippen LogP contribution in [-0.2, 0) is 16.0 Å². The van der Waals surface area contributed by atoms with Crippen LogP contribution in [0.15, 0.2) is 48.7 Å². The van der Waals surface area contributed by atoms with E-state index in [9.17, 15) is 9.59 Å². The Hall–Kier alpha value is -2.69. The van der Waals surface area contributed by atoms with Crippen molar-refractivity contribution >= 4 is 11.9 Å². The molecule has 0 spiro atoms. The number of carbonyl (C=O) groups is 2. The molecule has 0 fully saturated rings. The van der Waals surface area contributed by atoms with Crippen molar-refractivity contribution in [2.24, 2.45) is 0 Å². The van der Waals surface area contributed by atoms with Gasteiger partial charge in [-0.15, -0.1) is 0 Å². The maximum atomic E-state index is 11.6. The van der Waals surface area contributed by atoms with E-state index < -0.39 is 5.97 Å². The van der Waals surface area contributed by atoms with Gasteiger partial charge in [0.05, 0.1) is 0 Å². The third kappa shape index (κ3) is 4.70. The Morgan fingerprint density at radius 1 is 1.14 bits per heavy atom. The number of hydrogen-bond donors (Lipinski definition) is 1. The molecule has 1 aromatic heterocycles. The Morgan fingerprint density at radius 2 is 1.91 bits per heavy atom. The summed E-state index contributed by atoms with van der Waals surface area (Å²) in [6.07, 6.45) is 2.24. The number of aryl methyl sites for hydroxylation is 1. The van der Waals surface area contributed by atoms with Gasteiger partial charge in [-0.3, -0.25) is 4.79 Å². The van der Waals surface area contributed by atoms with E-state index in [1.807, 2.05) is 31.2 Å². The number of amides is 1. The lowest BCUT2D eigenvalue weighted by Gasteiger charge is -2.08. The molecule has 0 radical (unpaired) electrons. The van der Waals surface area contributed by atoms with E-state index in [-0.39, 0.29) is 18.2 Å². The largest absolute Gasteiger partial charge is 0.451 e. The Balaban J connectivity index is 1.70. The quantitative estimate of drug-likeness (QED) is 0.827. The Kier molecular flexibility index (Phi) is 5.65. The fourth-order valence-corrected chi connectivity index (χ4v) is 1.97. The van der Waals surface area contributed by atoms with Crippen LogP contribution in [0.3, 0.4) is 0 Å². The molecule has 5 heteroatoms. The third-order valence-corrected chi connectivity index (χ3v) is 3.19. The molecule has 1 N–H and O–H groups in total. The summed E-state index contributed by atoms with van der Waals surface area (Å²) in [5, 5.41) is 2.73. The second-order valence-electron chi connectivity index (χ2n) is 4.82. The second kappa shape index (κ2) is 7.93. The van der Waals surface area contributed by atoms with Crippen LogP contribution in [-0.4, -0.2) is 30.0 Å².